The van der Waals surface area contributed by atoms with E-state index in [1.165, 1.54) is 4.90 Å². The number of rotatable bonds is 11. The number of unbranched alkanes of at least 4 members (excludes halogenated alkanes) is 4. The molecule has 0 aliphatic heterocycles. The fourth-order valence-corrected chi connectivity index (χ4v) is 1.57. The van der Waals surface area contributed by atoms with Crippen LogP contribution in [0.4, 0.5) is 0 Å². The summed E-state index contributed by atoms with van der Waals surface area (Å²) in [5, 5.41) is 17.2. The van der Waals surface area contributed by atoms with Crippen molar-refractivity contribution in [2.75, 3.05) is 19.6 Å². The fraction of sp³-hybridized carbons (Fsp3) is 0.667. The quantitative estimate of drug-likeness (QED) is 0.425. The molecule has 0 rings (SSSR count). The second-order valence-electron chi connectivity index (χ2n) is 3.99. The highest BCUT2D eigenvalue weighted by molar-refractivity contribution is 5.72. The van der Waals surface area contributed by atoms with Crippen molar-refractivity contribution >= 4 is 11.9 Å². The van der Waals surface area contributed by atoms with Gasteiger partial charge in [0.2, 0.25) is 0 Å². The molecule has 5 heteroatoms. The summed E-state index contributed by atoms with van der Waals surface area (Å²) < 4.78 is 0. The summed E-state index contributed by atoms with van der Waals surface area (Å²) in [6.45, 7) is 3.74. The number of aliphatic carboxylic acids is 2. The van der Waals surface area contributed by atoms with Gasteiger partial charge in [0.25, 0.3) is 0 Å². The van der Waals surface area contributed by atoms with E-state index in [2.05, 4.69) is 6.58 Å². The molecule has 17 heavy (non-hydrogen) atoms. The summed E-state index contributed by atoms with van der Waals surface area (Å²) in [5.74, 6) is -1.98. The van der Waals surface area contributed by atoms with Crippen LogP contribution >= 0.6 is 0 Å². The van der Waals surface area contributed by atoms with Crippen LogP contribution in [0, 0.1) is 0 Å². The van der Waals surface area contributed by atoms with Gasteiger partial charge in [0.05, 0.1) is 13.1 Å². The van der Waals surface area contributed by atoms with Gasteiger partial charge >= 0.3 is 11.9 Å². The van der Waals surface area contributed by atoms with Gasteiger partial charge in [-0.2, -0.15) is 0 Å². The molecule has 0 aromatic carbocycles. The van der Waals surface area contributed by atoms with Crippen LogP contribution in [0.5, 0.6) is 0 Å². The summed E-state index contributed by atoms with van der Waals surface area (Å²) in [5.41, 5.74) is 0. The van der Waals surface area contributed by atoms with Gasteiger partial charge in [0.1, 0.15) is 0 Å². The van der Waals surface area contributed by atoms with Crippen LogP contribution in [-0.2, 0) is 9.59 Å². The van der Waals surface area contributed by atoms with Crippen molar-refractivity contribution in [3.05, 3.63) is 12.7 Å². The Morgan fingerprint density at radius 1 is 1.00 bits per heavy atom. The maximum atomic E-state index is 10.5. The van der Waals surface area contributed by atoms with Crippen molar-refractivity contribution in [2.45, 2.75) is 32.1 Å². The second kappa shape index (κ2) is 9.84. The van der Waals surface area contributed by atoms with E-state index in [0.29, 0.717) is 6.54 Å². The van der Waals surface area contributed by atoms with Crippen molar-refractivity contribution in [2.24, 2.45) is 0 Å². The van der Waals surface area contributed by atoms with Crippen LogP contribution in [0.15, 0.2) is 12.7 Å². The number of carboxylic acid groups (broad SMARTS) is 2. The SMILES string of the molecule is C=CCCCCCCN(CC(=O)O)CC(=O)O. The topological polar surface area (TPSA) is 77.8 Å². The molecule has 98 valence electrons. The molecule has 0 bridgehead atoms. The van der Waals surface area contributed by atoms with Crippen molar-refractivity contribution in [1.29, 1.82) is 0 Å². The van der Waals surface area contributed by atoms with Crippen LogP contribution < -0.4 is 0 Å². The minimum Gasteiger partial charge on any atom is -0.480 e. The monoisotopic (exact) mass is 243 g/mol. The molecule has 0 fully saturated rings. The van der Waals surface area contributed by atoms with E-state index in [4.69, 9.17) is 10.2 Å². The maximum Gasteiger partial charge on any atom is 0.317 e. The predicted molar refractivity (Wildman–Crippen MR) is 65.0 cm³/mol. The zero-order valence-corrected chi connectivity index (χ0v) is 10.1. The van der Waals surface area contributed by atoms with Crippen molar-refractivity contribution in [1.82, 2.24) is 4.90 Å². The molecule has 0 atom stereocenters. The lowest BCUT2D eigenvalue weighted by Gasteiger charge is -2.17. The molecular formula is C12H21NO4. The Hall–Kier alpha value is -1.36. The van der Waals surface area contributed by atoms with Gasteiger partial charge in [0, 0.05) is 0 Å². The molecule has 0 aromatic heterocycles. The van der Waals surface area contributed by atoms with Gasteiger partial charge in [-0.25, -0.2) is 0 Å². The normalized spacial score (nSPS) is 10.4. The highest BCUT2D eigenvalue weighted by Crippen LogP contribution is 2.04. The zero-order chi connectivity index (χ0) is 13.1. The largest absolute Gasteiger partial charge is 0.480 e. The van der Waals surface area contributed by atoms with Crippen molar-refractivity contribution in [3.8, 4) is 0 Å². The lowest BCUT2D eigenvalue weighted by atomic mass is 10.1. The molecule has 0 spiro atoms. The van der Waals surface area contributed by atoms with Gasteiger partial charge in [0.15, 0.2) is 0 Å². The first-order chi connectivity index (χ1) is 8.06. The van der Waals surface area contributed by atoms with Crippen molar-refractivity contribution in [3.63, 3.8) is 0 Å². The number of carbonyl (C=O) groups is 2. The molecule has 0 aliphatic rings. The average molecular weight is 243 g/mol. The first-order valence-electron chi connectivity index (χ1n) is 5.83. The molecule has 2 N–H and O–H groups in total. The van der Waals surface area contributed by atoms with Crippen LogP contribution in [-0.4, -0.2) is 46.7 Å². The highest BCUT2D eigenvalue weighted by Gasteiger charge is 2.12. The minimum atomic E-state index is -0.988. The fourth-order valence-electron chi connectivity index (χ4n) is 1.57. The Balaban J connectivity index is 3.71. The van der Waals surface area contributed by atoms with E-state index < -0.39 is 11.9 Å². The van der Waals surface area contributed by atoms with Crippen LogP contribution in [0.2, 0.25) is 0 Å². The van der Waals surface area contributed by atoms with E-state index in [0.717, 1.165) is 32.1 Å². The van der Waals surface area contributed by atoms with Crippen molar-refractivity contribution < 1.29 is 19.8 Å². The number of hydrogen-bond acceptors (Lipinski definition) is 3. The summed E-state index contributed by atoms with van der Waals surface area (Å²) >= 11 is 0. The van der Waals surface area contributed by atoms with Gasteiger partial charge in [-0.3, -0.25) is 14.5 Å². The Morgan fingerprint density at radius 3 is 2.00 bits per heavy atom. The molecule has 0 saturated heterocycles. The third-order valence-electron chi connectivity index (χ3n) is 2.35. The van der Waals surface area contributed by atoms with E-state index in [1.54, 1.807) is 0 Å². The smallest absolute Gasteiger partial charge is 0.317 e. The van der Waals surface area contributed by atoms with Gasteiger partial charge in [-0.15, -0.1) is 6.58 Å². The third kappa shape index (κ3) is 10.9. The van der Waals surface area contributed by atoms with Crippen LogP contribution in [0.3, 0.4) is 0 Å². The Bertz CT molecular complexity index is 237. The number of nitrogens with zero attached hydrogens (tertiary/aromatic N) is 1. The summed E-state index contributed by atoms with van der Waals surface area (Å²) in [7, 11) is 0. The number of carboxylic acids is 2. The first-order valence-corrected chi connectivity index (χ1v) is 5.83. The number of hydrogen-bond donors (Lipinski definition) is 2. The Morgan fingerprint density at radius 2 is 1.53 bits per heavy atom. The van der Waals surface area contributed by atoms with Gasteiger partial charge < -0.3 is 10.2 Å². The predicted octanol–water partition coefficient (Wildman–Crippen LogP) is 1.59. The van der Waals surface area contributed by atoms with E-state index in [-0.39, 0.29) is 13.1 Å². The molecule has 0 aliphatic carbocycles. The summed E-state index contributed by atoms with van der Waals surface area (Å²) in [6, 6.07) is 0. The van der Waals surface area contributed by atoms with E-state index >= 15 is 0 Å². The van der Waals surface area contributed by atoms with Crippen LogP contribution in [0.25, 0.3) is 0 Å². The second-order valence-corrected chi connectivity index (χ2v) is 3.99. The third-order valence-corrected chi connectivity index (χ3v) is 2.35. The van der Waals surface area contributed by atoms with E-state index in [9.17, 15) is 9.59 Å². The lowest BCUT2D eigenvalue weighted by molar-refractivity contribution is -0.141. The molecule has 0 saturated carbocycles. The van der Waals surface area contributed by atoms with Gasteiger partial charge in [-0.05, 0) is 25.8 Å². The minimum absolute atomic E-state index is 0.209. The average Bonchev–Trinajstić information content (AvgIpc) is 2.21. The van der Waals surface area contributed by atoms with Crippen LogP contribution in [0.1, 0.15) is 32.1 Å². The molecule has 5 nitrogen and oxygen atoms in total. The molecule has 0 aromatic rings. The molecular weight excluding hydrogens is 222 g/mol. The van der Waals surface area contributed by atoms with Gasteiger partial charge in [-0.1, -0.05) is 18.9 Å². The standard InChI is InChI=1S/C12H21NO4/c1-2-3-4-5-6-7-8-13(9-11(14)15)10-12(16)17/h2H,1,3-10H2,(H,14,15)(H,16,17). The Labute approximate surface area is 102 Å². The zero-order valence-electron chi connectivity index (χ0n) is 10.1. The summed E-state index contributed by atoms with van der Waals surface area (Å²) in [4.78, 5) is 22.5. The number of allylic oxidation sites excluding steroid dienone is 1. The molecule has 0 radical (unpaired) electrons. The molecule has 0 amide bonds. The lowest BCUT2D eigenvalue weighted by Crippen LogP contribution is -2.35. The van der Waals surface area contributed by atoms with E-state index in [1.807, 2.05) is 6.08 Å². The highest BCUT2D eigenvalue weighted by atomic mass is 16.4. The molecule has 0 unspecified atom stereocenters. The molecule has 0 heterocycles. The summed E-state index contributed by atoms with van der Waals surface area (Å²) in [6.07, 6.45) is 6.85. The first kappa shape index (κ1) is 15.6. The maximum absolute atomic E-state index is 10.5. The Kier molecular flexibility index (Phi) is 9.05.